The Morgan fingerprint density at radius 3 is 2.54 bits per heavy atom. The van der Waals surface area contributed by atoms with Gasteiger partial charge in [-0.3, -0.25) is 24.9 Å². The number of methoxy groups -OCH3 is 1. The highest BCUT2D eigenvalue weighted by Crippen LogP contribution is 2.30. The minimum atomic E-state index is -4.81. The number of hydrogen-bond acceptors (Lipinski definition) is 5. The van der Waals surface area contributed by atoms with Crippen LogP contribution in [-0.2, 0) is 13.2 Å². The summed E-state index contributed by atoms with van der Waals surface area (Å²) in [4.78, 5) is 17.0. The van der Waals surface area contributed by atoms with Gasteiger partial charge in [0.2, 0.25) is 5.96 Å². The van der Waals surface area contributed by atoms with Gasteiger partial charge < -0.3 is 10.1 Å². The summed E-state index contributed by atoms with van der Waals surface area (Å²) in [5.41, 5.74) is -1.31. The van der Waals surface area contributed by atoms with Crippen molar-refractivity contribution >= 4 is 17.7 Å². The number of benzene rings is 1. The van der Waals surface area contributed by atoms with Gasteiger partial charge in [0.25, 0.3) is 5.91 Å². The Hall–Kier alpha value is -3.90. The molecule has 188 valence electrons. The van der Waals surface area contributed by atoms with E-state index in [-0.39, 0.29) is 29.5 Å². The molecule has 1 aromatic carbocycles. The van der Waals surface area contributed by atoms with E-state index in [9.17, 15) is 22.4 Å². The topological polar surface area (TPSA) is 109 Å². The predicted molar refractivity (Wildman–Crippen MR) is 122 cm³/mol. The third kappa shape index (κ3) is 6.58. The number of carbonyl (C=O) groups is 1. The maximum Gasteiger partial charge on any atom is 0.435 e. The van der Waals surface area contributed by atoms with Crippen molar-refractivity contribution in [3.05, 3.63) is 47.5 Å². The number of guanidine groups is 1. The minimum absolute atomic E-state index is 0.0829. The Bertz CT molecular complexity index is 1240. The van der Waals surface area contributed by atoms with E-state index >= 15 is 0 Å². The fraction of sp³-hybridized carbons (Fsp3) is 0.364. The summed E-state index contributed by atoms with van der Waals surface area (Å²) < 4.78 is 59.8. The Balaban J connectivity index is 1.86. The molecule has 0 saturated carbocycles. The summed E-state index contributed by atoms with van der Waals surface area (Å²) in [5, 5.41) is 15.3. The van der Waals surface area contributed by atoms with E-state index in [0.717, 1.165) is 10.9 Å². The summed E-state index contributed by atoms with van der Waals surface area (Å²) >= 11 is 0. The molecule has 2 heterocycles. The number of hydrogen-bond donors (Lipinski definition) is 3. The predicted octanol–water partition coefficient (Wildman–Crippen LogP) is 4.22. The smallest absolute Gasteiger partial charge is 0.435 e. The standard InChI is InChI=1S/C22H25F4N7O2/c1-21(2,3)11-27-20(29-19(34)13-10-33(4)32-18(13)22(24,25)26)28-17-9-15(30-31-17)12-6-7-16(35-5)14(23)8-12/h6-10H,11H2,1-5H3,(H3,27,28,29,30,31,34). The molecule has 9 nitrogen and oxygen atoms in total. The van der Waals surface area contributed by atoms with E-state index < -0.39 is 29.2 Å². The first-order valence-corrected chi connectivity index (χ1v) is 10.4. The van der Waals surface area contributed by atoms with Gasteiger partial charge in [-0.1, -0.05) is 20.8 Å². The number of aromatic nitrogens is 4. The third-order valence-electron chi connectivity index (χ3n) is 4.57. The first-order chi connectivity index (χ1) is 16.3. The number of carbonyl (C=O) groups excluding carboxylic acids is 1. The van der Waals surface area contributed by atoms with E-state index in [1.807, 2.05) is 20.8 Å². The number of nitrogens with zero attached hydrogens (tertiary/aromatic N) is 4. The normalized spacial score (nSPS) is 12.5. The summed E-state index contributed by atoms with van der Waals surface area (Å²) in [7, 11) is 2.64. The van der Waals surface area contributed by atoms with Crippen LogP contribution in [-0.4, -0.2) is 45.5 Å². The molecule has 0 bridgehead atoms. The fourth-order valence-electron chi connectivity index (χ4n) is 2.95. The molecular formula is C22H25F4N7O2. The molecule has 0 atom stereocenters. The first kappa shape index (κ1) is 25.7. The van der Waals surface area contributed by atoms with Crippen LogP contribution in [0.15, 0.2) is 35.5 Å². The van der Waals surface area contributed by atoms with Gasteiger partial charge >= 0.3 is 6.18 Å². The van der Waals surface area contributed by atoms with Gasteiger partial charge in [-0.25, -0.2) is 4.39 Å². The van der Waals surface area contributed by atoms with Gasteiger partial charge in [-0.15, -0.1) is 0 Å². The monoisotopic (exact) mass is 495 g/mol. The van der Waals surface area contributed by atoms with E-state index in [1.165, 1.54) is 32.4 Å². The van der Waals surface area contributed by atoms with Gasteiger partial charge in [0.1, 0.15) is 0 Å². The average Bonchev–Trinajstić information content (AvgIpc) is 3.38. The van der Waals surface area contributed by atoms with Gasteiger partial charge in [0.15, 0.2) is 23.1 Å². The van der Waals surface area contributed by atoms with Crippen LogP contribution in [0.1, 0.15) is 36.8 Å². The number of rotatable bonds is 5. The SMILES string of the molecule is COc1ccc(-c2cc(NC(=NCC(C)(C)C)NC(=O)c3cn(C)nc3C(F)(F)F)n[nH]2)cc1F. The molecule has 3 rings (SSSR count). The van der Waals surface area contributed by atoms with Gasteiger partial charge in [-0.05, 0) is 23.6 Å². The second kappa shape index (κ2) is 9.76. The molecule has 2 aromatic heterocycles. The van der Waals surface area contributed by atoms with Crippen molar-refractivity contribution in [1.29, 1.82) is 0 Å². The third-order valence-corrected chi connectivity index (χ3v) is 4.57. The summed E-state index contributed by atoms with van der Waals surface area (Å²) in [6, 6.07) is 5.87. The number of aliphatic imine (C=N–C) groups is 1. The number of ether oxygens (including phenoxy) is 1. The Kier molecular flexibility index (Phi) is 7.17. The average molecular weight is 495 g/mol. The lowest BCUT2D eigenvalue weighted by molar-refractivity contribution is -0.141. The number of nitrogens with one attached hydrogen (secondary N) is 3. The van der Waals surface area contributed by atoms with Crippen LogP contribution in [0, 0.1) is 11.2 Å². The van der Waals surface area contributed by atoms with Crippen LogP contribution in [0.25, 0.3) is 11.3 Å². The number of anilines is 1. The van der Waals surface area contributed by atoms with Crippen molar-refractivity contribution in [2.75, 3.05) is 19.0 Å². The van der Waals surface area contributed by atoms with Crippen LogP contribution in [0.3, 0.4) is 0 Å². The Morgan fingerprint density at radius 2 is 1.94 bits per heavy atom. The molecule has 1 amide bonds. The molecule has 0 radical (unpaired) electrons. The molecule has 0 aliphatic heterocycles. The highest BCUT2D eigenvalue weighted by Gasteiger charge is 2.39. The van der Waals surface area contributed by atoms with Gasteiger partial charge in [0, 0.05) is 31.4 Å². The van der Waals surface area contributed by atoms with E-state index in [1.54, 1.807) is 6.07 Å². The fourth-order valence-corrected chi connectivity index (χ4v) is 2.95. The lowest BCUT2D eigenvalue weighted by atomic mass is 9.97. The maximum absolute atomic E-state index is 14.1. The summed E-state index contributed by atoms with van der Waals surface area (Å²) in [5.74, 6) is -1.43. The van der Waals surface area contributed by atoms with Crippen LogP contribution < -0.4 is 15.4 Å². The summed E-state index contributed by atoms with van der Waals surface area (Å²) in [6.07, 6.45) is -3.83. The van der Waals surface area contributed by atoms with Crippen molar-refractivity contribution in [2.24, 2.45) is 17.5 Å². The second-order valence-electron chi connectivity index (χ2n) is 8.88. The molecule has 0 fully saturated rings. The molecule has 0 unspecified atom stereocenters. The molecular weight excluding hydrogens is 470 g/mol. The lowest BCUT2D eigenvalue weighted by Gasteiger charge is -2.16. The van der Waals surface area contributed by atoms with Crippen molar-refractivity contribution in [1.82, 2.24) is 25.3 Å². The van der Waals surface area contributed by atoms with Crippen LogP contribution in [0.4, 0.5) is 23.4 Å². The highest BCUT2D eigenvalue weighted by molar-refractivity contribution is 6.10. The minimum Gasteiger partial charge on any atom is -0.494 e. The van der Waals surface area contributed by atoms with Crippen LogP contribution in [0.2, 0.25) is 0 Å². The zero-order valence-electron chi connectivity index (χ0n) is 19.7. The molecule has 0 aliphatic rings. The quantitative estimate of drug-likeness (QED) is 0.279. The zero-order chi connectivity index (χ0) is 26.0. The molecule has 13 heteroatoms. The maximum atomic E-state index is 14.1. The van der Waals surface area contributed by atoms with Crippen molar-refractivity contribution in [3.8, 4) is 17.0 Å². The first-order valence-electron chi connectivity index (χ1n) is 10.4. The molecule has 0 spiro atoms. The number of amides is 1. The van der Waals surface area contributed by atoms with Crippen LogP contribution >= 0.6 is 0 Å². The Labute approximate surface area is 198 Å². The van der Waals surface area contributed by atoms with Crippen molar-refractivity contribution < 1.29 is 27.1 Å². The van der Waals surface area contributed by atoms with E-state index in [0.29, 0.717) is 11.3 Å². The molecule has 3 N–H and O–H groups in total. The number of H-pyrrole nitrogens is 1. The zero-order valence-corrected chi connectivity index (χ0v) is 19.7. The molecule has 3 aromatic rings. The molecule has 0 aliphatic carbocycles. The number of aryl methyl sites for hydroxylation is 1. The largest absolute Gasteiger partial charge is 0.494 e. The van der Waals surface area contributed by atoms with Crippen molar-refractivity contribution in [3.63, 3.8) is 0 Å². The van der Waals surface area contributed by atoms with Crippen LogP contribution in [0.5, 0.6) is 5.75 Å². The van der Waals surface area contributed by atoms with E-state index in [4.69, 9.17) is 4.74 Å². The molecule has 0 saturated heterocycles. The van der Waals surface area contributed by atoms with Gasteiger partial charge in [-0.2, -0.15) is 23.4 Å². The molecule has 35 heavy (non-hydrogen) atoms. The number of aromatic amines is 1. The lowest BCUT2D eigenvalue weighted by Crippen LogP contribution is -2.37. The number of halogens is 4. The highest BCUT2D eigenvalue weighted by atomic mass is 19.4. The van der Waals surface area contributed by atoms with E-state index in [2.05, 4.69) is 30.9 Å². The van der Waals surface area contributed by atoms with Crippen molar-refractivity contribution in [2.45, 2.75) is 26.9 Å². The number of alkyl halides is 3. The van der Waals surface area contributed by atoms with Gasteiger partial charge in [0.05, 0.1) is 18.4 Å². The second-order valence-corrected chi connectivity index (χ2v) is 8.88. The summed E-state index contributed by atoms with van der Waals surface area (Å²) in [6.45, 7) is 5.97. The Morgan fingerprint density at radius 1 is 1.23 bits per heavy atom.